The Morgan fingerprint density at radius 1 is 1.40 bits per heavy atom. The number of esters is 1. The molecule has 0 N–H and O–H groups in total. The fourth-order valence-electron chi connectivity index (χ4n) is 2.87. The number of para-hydroxylation sites is 1. The molecule has 1 aliphatic heterocycles. The van der Waals surface area contributed by atoms with Crippen LogP contribution < -0.4 is 0 Å². The number of nitro groups is 1. The van der Waals surface area contributed by atoms with E-state index in [-0.39, 0.29) is 24.9 Å². The van der Waals surface area contributed by atoms with Crippen LogP contribution in [-0.2, 0) is 19.0 Å². The van der Waals surface area contributed by atoms with Gasteiger partial charge >= 0.3 is 5.97 Å². The number of hydrogen-bond donors (Lipinski definition) is 0. The van der Waals surface area contributed by atoms with E-state index in [1.165, 1.54) is 6.07 Å². The molecule has 3 unspecified atom stereocenters. The van der Waals surface area contributed by atoms with Gasteiger partial charge in [-0.05, 0) is 25.8 Å². The molecule has 0 radical (unpaired) electrons. The molecule has 1 saturated heterocycles. The highest BCUT2D eigenvalue weighted by molar-refractivity contribution is 5.76. The van der Waals surface area contributed by atoms with E-state index >= 15 is 0 Å². The molecule has 7 nitrogen and oxygen atoms in total. The number of benzene rings is 1. The zero-order valence-corrected chi connectivity index (χ0v) is 14.9. The van der Waals surface area contributed by atoms with Crippen LogP contribution in [0, 0.1) is 15.5 Å². The maximum Gasteiger partial charge on any atom is 0.311 e. The maximum absolute atomic E-state index is 12.3. The van der Waals surface area contributed by atoms with E-state index < -0.39 is 22.7 Å². The van der Waals surface area contributed by atoms with Crippen molar-refractivity contribution in [2.24, 2.45) is 5.41 Å². The first-order valence-corrected chi connectivity index (χ1v) is 8.59. The monoisotopic (exact) mass is 351 g/mol. The summed E-state index contributed by atoms with van der Waals surface area (Å²) in [5.41, 5.74) is -0.177. The molecule has 2 rings (SSSR count). The first-order valence-electron chi connectivity index (χ1n) is 8.59. The molecule has 1 aromatic carbocycles. The van der Waals surface area contributed by atoms with Gasteiger partial charge in [-0.25, -0.2) is 0 Å². The zero-order valence-electron chi connectivity index (χ0n) is 14.9. The fraction of sp³-hybridized carbons (Fsp3) is 0.611. The second kappa shape index (κ2) is 8.40. The molecule has 1 aromatic rings. The Morgan fingerprint density at radius 2 is 2.12 bits per heavy atom. The molecule has 0 aliphatic carbocycles. The largest absolute Gasteiger partial charge is 0.462 e. The predicted molar refractivity (Wildman–Crippen MR) is 90.9 cm³/mol. The summed E-state index contributed by atoms with van der Waals surface area (Å²) in [7, 11) is 0. The average Bonchev–Trinajstić information content (AvgIpc) is 3.08. The van der Waals surface area contributed by atoms with Crippen LogP contribution in [-0.4, -0.2) is 30.2 Å². The summed E-state index contributed by atoms with van der Waals surface area (Å²) < 4.78 is 16.6. The Morgan fingerprint density at radius 3 is 2.76 bits per heavy atom. The highest BCUT2D eigenvalue weighted by Gasteiger charge is 2.35. The summed E-state index contributed by atoms with van der Waals surface area (Å²) >= 11 is 0. The first kappa shape index (κ1) is 19.3. The van der Waals surface area contributed by atoms with Gasteiger partial charge in [0.05, 0.1) is 22.5 Å². The van der Waals surface area contributed by atoms with E-state index in [4.69, 9.17) is 14.2 Å². The molecular formula is C18H25NO6. The van der Waals surface area contributed by atoms with Gasteiger partial charge in [0.25, 0.3) is 5.69 Å². The summed E-state index contributed by atoms with van der Waals surface area (Å²) in [6.45, 7) is 6.21. The summed E-state index contributed by atoms with van der Waals surface area (Å²) in [6.07, 6.45) is 1.13. The lowest BCUT2D eigenvalue weighted by Gasteiger charge is -2.25. The van der Waals surface area contributed by atoms with Crippen LogP contribution in [0.4, 0.5) is 5.69 Å². The van der Waals surface area contributed by atoms with Crippen LogP contribution in [0.5, 0.6) is 0 Å². The van der Waals surface area contributed by atoms with Crippen molar-refractivity contribution in [2.75, 3.05) is 13.2 Å². The number of nitrogens with zero attached hydrogens (tertiary/aromatic N) is 1. The Labute approximate surface area is 147 Å². The molecule has 7 heteroatoms. The number of carbonyl (C=O) groups excluding carboxylic acids is 1. The van der Waals surface area contributed by atoms with Gasteiger partial charge in [0, 0.05) is 6.07 Å². The molecular weight excluding hydrogens is 326 g/mol. The van der Waals surface area contributed by atoms with Gasteiger partial charge in [-0.2, -0.15) is 0 Å². The number of nitro benzene ring substituents is 1. The van der Waals surface area contributed by atoms with Crippen molar-refractivity contribution >= 4 is 11.7 Å². The number of hydrogen-bond acceptors (Lipinski definition) is 6. The van der Waals surface area contributed by atoms with Gasteiger partial charge in [-0.1, -0.05) is 32.4 Å². The molecule has 0 saturated carbocycles. The van der Waals surface area contributed by atoms with Crippen molar-refractivity contribution in [2.45, 2.75) is 52.4 Å². The highest BCUT2D eigenvalue weighted by atomic mass is 16.7. The van der Waals surface area contributed by atoms with Crippen molar-refractivity contribution in [3.05, 3.63) is 39.9 Å². The molecule has 1 heterocycles. The molecule has 138 valence electrons. The molecule has 0 spiro atoms. The average molecular weight is 351 g/mol. The highest BCUT2D eigenvalue weighted by Crippen LogP contribution is 2.34. The number of ether oxygens (including phenoxy) is 3. The Balaban J connectivity index is 1.94. The van der Waals surface area contributed by atoms with Crippen LogP contribution in [0.3, 0.4) is 0 Å². The van der Waals surface area contributed by atoms with Gasteiger partial charge in [-0.3, -0.25) is 14.9 Å². The van der Waals surface area contributed by atoms with E-state index in [1.807, 2.05) is 20.8 Å². The lowest BCUT2D eigenvalue weighted by Crippen LogP contribution is -2.32. The first-order chi connectivity index (χ1) is 11.9. The fourth-order valence-corrected chi connectivity index (χ4v) is 2.87. The smallest absolute Gasteiger partial charge is 0.311 e. The van der Waals surface area contributed by atoms with Crippen molar-refractivity contribution in [1.82, 2.24) is 0 Å². The third-order valence-electron chi connectivity index (χ3n) is 4.61. The van der Waals surface area contributed by atoms with Crippen LogP contribution in [0.2, 0.25) is 0 Å². The van der Waals surface area contributed by atoms with Gasteiger partial charge in [0.1, 0.15) is 12.7 Å². The van der Waals surface area contributed by atoms with Crippen LogP contribution >= 0.6 is 0 Å². The minimum atomic E-state index is -0.821. The summed E-state index contributed by atoms with van der Waals surface area (Å²) in [5.74, 6) is -0.241. The third-order valence-corrected chi connectivity index (χ3v) is 4.61. The molecule has 25 heavy (non-hydrogen) atoms. The second-order valence-electron chi connectivity index (χ2n) is 6.50. The summed E-state index contributed by atoms with van der Waals surface area (Å²) in [4.78, 5) is 23.0. The second-order valence-corrected chi connectivity index (χ2v) is 6.50. The van der Waals surface area contributed by atoms with E-state index in [1.54, 1.807) is 18.2 Å². The van der Waals surface area contributed by atoms with E-state index in [9.17, 15) is 14.9 Å². The van der Waals surface area contributed by atoms with Gasteiger partial charge in [0.2, 0.25) is 0 Å². The van der Waals surface area contributed by atoms with Gasteiger partial charge in [-0.15, -0.1) is 0 Å². The maximum atomic E-state index is 12.3. The third kappa shape index (κ3) is 4.55. The van der Waals surface area contributed by atoms with Crippen molar-refractivity contribution in [3.63, 3.8) is 0 Å². The van der Waals surface area contributed by atoms with Crippen molar-refractivity contribution in [3.8, 4) is 0 Å². The quantitative estimate of drug-likeness (QED) is 0.402. The standard InChI is InChI=1S/C18H25NO6/c1-4-10-18(3,5-2)17(20)24-12-13-11-23-16(25-13)14-8-6-7-9-15(14)19(21)22/h6-9,13,16H,4-5,10-12H2,1-3H3. The lowest BCUT2D eigenvalue weighted by molar-refractivity contribution is -0.386. The van der Waals surface area contributed by atoms with Crippen molar-refractivity contribution < 1.29 is 23.9 Å². The lowest BCUT2D eigenvalue weighted by atomic mass is 9.83. The summed E-state index contributed by atoms with van der Waals surface area (Å²) in [6, 6.07) is 6.30. The molecule has 0 bridgehead atoms. The van der Waals surface area contributed by atoms with Crippen LogP contribution in [0.25, 0.3) is 0 Å². The Bertz CT molecular complexity index is 619. The van der Waals surface area contributed by atoms with Crippen molar-refractivity contribution in [1.29, 1.82) is 0 Å². The minimum absolute atomic E-state index is 0.0494. The summed E-state index contributed by atoms with van der Waals surface area (Å²) in [5, 5.41) is 11.1. The van der Waals surface area contributed by atoms with Crippen LogP contribution in [0.1, 0.15) is 51.9 Å². The van der Waals surface area contributed by atoms with E-state index in [2.05, 4.69) is 0 Å². The van der Waals surface area contributed by atoms with Crippen LogP contribution in [0.15, 0.2) is 24.3 Å². The van der Waals surface area contributed by atoms with E-state index in [0.29, 0.717) is 12.0 Å². The number of carbonyl (C=O) groups is 1. The molecule has 1 aliphatic rings. The van der Waals surface area contributed by atoms with Gasteiger partial charge < -0.3 is 14.2 Å². The number of rotatable bonds is 8. The minimum Gasteiger partial charge on any atom is -0.462 e. The van der Waals surface area contributed by atoms with Gasteiger partial charge in [0.15, 0.2) is 6.29 Å². The SMILES string of the molecule is CCCC(C)(CC)C(=O)OCC1COC(c2ccccc2[N+](=O)[O-])O1. The zero-order chi connectivity index (χ0) is 18.4. The molecule has 0 aromatic heterocycles. The molecule has 3 atom stereocenters. The topological polar surface area (TPSA) is 87.9 Å². The van der Waals surface area contributed by atoms with E-state index in [0.717, 1.165) is 12.8 Å². The predicted octanol–water partition coefficient (Wildman–Crippen LogP) is 3.77. The normalized spacial score (nSPS) is 22.4. The molecule has 1 fully saturated rings. The Hall–Kier alpha value is -1.99. The Kier molecular flexibility index (Phi) is 6.50. The molecule has 0 amide bonds.